The number of aliphatic carboxylic acids is 1. The summed E-state index contributed by atoms with van der Waals surface area (Å²) < 4.78 is 32.2. The number of nitrogens with zero attached hydrogens (tertiary/aromatic N) is 1. The molecule has 0 saturated heterocycles. The van der Waals surface area contributed by atoms with Gasteiger partial charge in [-0.15, -0.1) is 0 Å². The molecule has 34 heavy (non-hydrogen) atoms. The van der Waals surface area contributed by atoms with E-state index in [1.807, 2.05) is 36.4 Å². The molecule has 0 bridgehead atoms. The van der Waals surface area contributed by atoms with Gasteiger partial charge in [-0.3, -0.25) is 9.36 Å². The van der Waals surface area contributed by atoms with Crippen LogP contribution in [0, 0.1) is 5.82 Å². The second-order valence-electron chi connectivity index (χ2n) is 8.33. The molecule has 0 amide bonds. The van der Waals surface area contributed by atoms with Gasteiger partial charge in [0, 0.05) is 42.2 Å². The number of halogens is 1. The van der Waals surface area contributed by atoms with Crippen LogP contribution in [-0.2, 0) is 13.9 Å². The lowest BCUT2D eigenvalue weighted by molar-refractivity contribution is -0.137. The number of benzene rings is 2. The summed E-state index contributed by atoms with van der Waals surface area (Å²) in [6, 6.07) is 18.0. The molecule has 1 N–H and O–H groups in total. The molecule has 1 atom stereocenters. The van der Waals surface area contributed by atoms with Crippen LogP contribution in [0.2, 0.25) is 0 Å². The van der Waals surface area contributed by atoms with Gasteiger partial charge in [0.1, 0.15) is 5.82 Å². The van der Waals surface area contributed by atoms with Crippen molar-refractivity contribution in [1.29, 1.82) is 0 Å². The van der Waals surface area contributed by atoms with Crippen molar-refractivity contribution in [2.45, 2.75) is 32.6 Å². The van der Waals surface area contributed by atoms with Crippen LogP contribution < -0.4 is 0 Å². The molecule has 5 nitrogen and oxygen atoms in total. The molecule has 0 unspecified atom stereocenters. The quantitative estimate of drug-likeness (QED) is 0.305. The molecule has 0 radical (unpaired) electrons. The number of hydrogen-bond acceptors (Lipinski definition) is 4. The maximum absolute atomic E-state index is 13.7. The van der Waals surface area contributed by atoms with Crippen molar-refractivity contribution >= 4 is 19.4 Å². The van der Waals surface area contributed by atoms with Gasteiger partial charge in [0.15, 0.2) is 0 Å². The summed E-state index contributed by atoms with van der Waals surface area (Å²) in [5, 5.41) is 8.91. The summed E-state index contributed by atoms with van der Waals surface area (Å²) >= 11 is 0. The summed E-state index contributed by atoms with van der Waals surface area (Å²) in [5.41, 5.74) is 4.90. The molecular weight excluding hydrogens is 452 g/mol. The van der Waals surface area contributed by atoms with E-state index < -0.39 is 13.3 Å². The average molecular weight is 482 g/mol. The number of aromatic nitrogens is 1. The molecule has 0 saturated carbocycles. The zero-order chi connectivity index (χ0) is 24.7. The van der Waals surface area contributed by atoms with E-state index in [-0.39, 0.29) is 30.7 Å². The molecule has 178 valence electrons. The van der Waals surface area contributed by atoms with Crippen LogP contribution in [0.3, 0.4) is 0 Å². The van der Waals surface area contributed by atoms with Gasteiger partial charge in [-0.25, -0.2) is 9.37 Å². The van der Waals surface area contributed by atoms with Crippen molar-refractivity contribution in [3.05, 3.63) is 83.4 Å². The fraction of sp³-hybridized carbons (Fsp3) is 0.259. The highest BCUT2D eigenvalue weighted by Gasteiger charge is 2.21. The van der Waals surface area contributed by atoms with E-state index in [9.17, 15) is 13.8 Å². The standard InChI is InChI=1S/C27H29FNO4P/c1-19(2)24-18-25(20-8-5-4-6-9-20)29-27(21-11-13-22(28)14-12-21)23(24)15-17-34(32,33-3)16-7-10-26(30)31/h4-6,8-9,11-15,17-19H,7,10,16H2,1-3H3,(H,30,31)/t34-/m0/s1. The number of carbonyl (C=O) groups is 1. The van der Waals surface area contributed by atoms with E-state index in [2.05, 4.69) is 13.8 Å². The van der Waals surface area contributed by atoms with Crippen LogP contribution in [0.4, 0.5) is 4.39 Å². The van der Waals surface area contributed by atoms with E-state index in [4.69, 9.17) is 14.6 Å². The molecule has 0 aliphatic carbocycles. The summed E-state index contributed by atoms with van der Waals surface area (Å²) in [6.45, 7) is 4.14. The number of carboxylic acid groups (broad SMARTS) is 1. The smallest absolute Gasteiger partial charge is 0.303 e. The van der Waals surface area contributed by atoms with Gasteiger partial charge in [0.05, 0.1) is 11.4 Å². The summed E-state index contributed by atoms with van der Waals surface area (Å²) in [7, 11) is -1.82. The van der Waals surface area contributed by atoms with Gasteiger partial charge in [0.25, 0.3) is 0 Å². The molecule has 0 spiro atoms. The first kappa shape index (κ1) is 25.5. The fourth-order valence-electron chi connectivity index (χ4n) is 3.68. The summed E-state index contributed by atoms with van der Waals surface area (Å²) in [6.07, 6.45) is 2.05. The number of hydrogen-bond donors (Lipinski definition) is 1. The maximum Gasteiger partial charge on any atom is 0.303 e. The molecule has 3 aromatic rings. The Balaban J connectivity index is 2.15. The highest BCUT2D eigenvalue weighted by molar-refractivity contribution is 7.62. The zero-order valence-corrected chi connectivity index (χ0v) is 20.5. The molecule has 7 heteroatoms. The zero-order valence-electron chi connectivity index (χ0n) is 19.6. The number of rotatable bonds is 10. The van der Waals surface area contributed by atoms with Crippen molar-refractivity contribution in [2.75, 3.05) is 13.3 Å². The first-order chi connectivity index (χ1) is 16.2. The third kappa shape index (κ3) is 6.49. The SMILES string of the molecule is CO[P@](=O)(C=Cc1c(C(C)C)cc(-c2ccccc2)nc1-c1ccc(F)cc1)CCCC(=O)O. The van der Waals surface area contributed by atoms with Gasteiger partial charge >= 0.3 is 5.97 Å². The van der Waals surface area contributed by atoms with Gasteiger partial charge in [-0.05, 0) is 54.3 Å². The van der Waals surface area contributed by atoms with Crippen molar-refractivity contribution in [3.63, 3.8) is 0 Å². The largest absolute Gasteiger partial charge is 0.481 e. The van der Waals surface area contributed by atoms with E-state index in [1.54, 1.807) is 18.2 Å². The van der Waals surface area contributed by atoms with E-state index in [1.165, 1.54) is 25.1 Å². The molecule has 0 aliphatic rings. The Morgan fingerprint density at radius 1 is 1.12 bits per heavy atom. The van der Waals surface area contributed by atoms with Gasteiger partial charge in [-0.2, -0.15) is 0 Å². The van der Waals surface area contributed by atoms with Crippen LogP contribution >= 0.6 is 7.37 Å². The molecule has 0 fully saturated rings. The van der Waals surface area contributed by atoms with Gasteiger partial charge in [0.2, 0.25) is 7.37 Å². The van der Waals surface area contributed by atoms with Crippen molar-refractivity contribution < 1.29 is 23.4 Å². The molecule has 3 rings (SSSR count). The molecular formula is C27H29FNO4P. The summed E-state index contributed by atoms with van der Waals surface area (Å²) in [4.78, 5) is 15.8. The van der Waals surface area contributed by atoms with Crippen LogP contribution in [0.1, 0.15) is 43.7 Å². The molecule has 1 aromatic heterocycles. The Kier molecular flexibility index (Phi) is 8.54. The number of pyridine rings is 1. The predicted molar refractivity (Wildman–Crippen MR) is 135 cm³/mol. The third-order valence-corrected chi connectivity index (χ3v) is 7.70. The van der Waals surface area contributed by atoms with E-state index in [0.717, 1.165) is 27.9 Å². The van der Waals surface area contributed by atoms with Crippen LogP contribution in [0.15, 0.2) is 66.5 Å². The normalized spacial score (nSPS) is 13.3. The monoisotopic (exact) mass is 481 g/mol. The van der Waals surface area contributed by atoms with Crippen LogP contribution in [0.5, 0.6) is 0 Å². The second-order valence-corrected chi connectivity index (χ2v) is 10.9. The molecule has 1 heterocycles. The Hall–Kier alpha value is -3.08. The highest BCUT2D eigenvalue weighted by Crippen LogP contribution is 2.49. The highest BCUT2D eigenvalue weighted by atomic mass is 31.2. The van der Waals surface area contributed by atoms with Gasteiger partial charge < -0.3 is 9.63 Å². The maximum atomic E-state index is 13.7. The minimum Gasteiger partial charge on any atom is -0.481 e. The Bertz CT molecular complexity index is 1210. The van der Waals surface area contributed by atoms with E-state index >= 15 is 0 Å². The lowest BCUT2D eigenvalue weighted by Gasteiger charge is -2.18. The molecule has 0 aliphatic heterocycles. The van der Waals surface area contributed by atoms with Crippen LogP contribution in [-0.4, -0.2) is 29.3 Å². The van der Waals surface area contributed by atoms with E-state index in [0.29, 0.717) is 5.69 Å². The lowest BCUT2D eigenvalue weighted by Crippen LogP contribution is -2.01. The Morgan fingerprint density at radius 3 is 2.38 bits per heavy atom. The Labute approximate surface area is 199 Å². The molecule has 2 aromatic carbocycles. The minimum absolute atomic E-state index is 0.0768. The van der Waals surface area contributed by atoms with Crippen molar-refractivity contribution in [3.8, 4) is 22.5 Å². The van der Waals surface area contributed by atoms with Crippen molar-refractivity contribution in [1.82, 2.24) is 4.98 Å². The topological polar surface area (TPSA) is 76.5 Å². The minimum atomic E-state index is -3.19. The Morgan fingerprint density at radius 2 is 1.79 bits per heavy atom. The first-order valence-corrected chi connectivity index (χ1v) is 13.0. The van der Waals surface area contributed by atoms with Crippen LogP contribution in [0.25, 0.3) is 28.6 Å². The first-order valence-electron chi connectivity index (χ1n) is 11.1. The predicted octanol–water partition coefficient (Wildman–Crippen LogP) is 7.44. The van der Waals surface area contributed by atoms with Crippen molar-refractivity contribution in [2.24, 2.45) is 0 Å². The fourth-order valence-corrected chi connectivity index (χ4v) is 5.11. The second kappa shape index (κ2) is 11.4. The van der Waals surface area contributed by atoms with Gasteiger partial charge in [-0.1, -0.05) is 44.2 Å². The third-order valence-electron chi connectivity index (χ3n) is 5.54. The summed E-state index contributed by atoms with van der Waals surface area (Å²) in [5.74, 6) is 0.380. The number of carboxylic acids is 1. The lowest BCUT2D eigenvalue weighted by atomic mass is 9.92. The average Bonchev–Trinajstić information content (AvgIpc) is 2.83.